The molecule has 0 aromatic carbocycles. The molecule has 1 aromatic heterocycles. The maximum atomic E-state index is 11.5. The van der Waals surface area contributed by atoms with Crippen molar-refractivity contribution in [1.82, 2.24) is 14.8 Å². The van der Waals surface area contributed by atoms with Gasteiger partial charge in [-0.25, -0.2) is 0 Å². The summed E-state index contributed by atoms with van der Waals surface area (Å²) in [5.41, 5.74) is 0.0465. The van der Waals surface area contributed by atoms with E-state index in [0.717, 1.165) is 0 Å². The van der Waals surface area contributed by atoms with Gasteiger partial charge in [0.15, 0.2) is 0 Å². The lowest BCUT2D eigenvalue weighted by Crippen LogP contribution is -2.30. The molecule has 0 saturated carbocycles. The van der Waals surface area contributed by atoms with Crippen LogP contribution in [0, 0.1) is 0 Å². The van der Waals surface area contributed by atoms with E-state index in [2.05, 4.69) is 10.1 Å². The van der Waals surface area contributed by atoms with E-state index < -0.39 is 0 Å². The predicted octanol–water partition coefficient (Wildman–Crippen LogP) is 1.52. The van der Waals surface area contributed by atoms with E-state index in [1.165, 1.54) is 6.33 Å². The smallest absolute Gasteiger partial charge is 0.265 e. The van der Waals surface area contributed by atoms with E-state index in [9.17, 15) is 4.79 Å². The molecule has 0 N–H and O–H groups in total. The van der Waals surface area contributed by atoms with E-state index in [4.69, 9.17) is 0 Å². The zero-order chi connectivity index (χ0) is 10.9. The second-order valence-electron chi connectivity index (χ2n) is 4.72. The van der Waals surface area contributed by atoms with Crippen molar-refractivity contribution in [2.24, 2.45) is 0 Å². The van der Waals surface area contributed by atoms with Crippen molar-refractivity contribution in [1.29, 1.82) is 0 Å². The van der Waals surface area contributed by atoms with Gasteiger partial charge in [-0.05, 0) is 13.8 Å². The third-order valence-corrected chi connectivity index (χ3v) is 1.95. The van der Waals surface area contributed by atoms with Crippen LogP contribution in [0.25, 0.3) is 0 Å². The lowest BCUT2D eigenvalue weighted by Gasteiger charge is -2.18. The Bertz CT molecular complexity index is 374. The Morgan fingerprint density at radius 1 is 1.36 bits per heavy atom. The van der Waals surface area contributed by atoms with Gasteiger partial charge in [0.1, 0.15) is 12.0 Å². The quantitative estimate of drug-likeness (QED) is 0.682. The third-order valence-electron chi connectivity index (χ3n) is 1.95. The van der Waals surface area contributed by atoms with Gasteiger partial charge in [-0.15, -0.1) is 0 Å². The second kappa shape index (κ2) is 3.52. The number of aromatic nitrogens is 3. The van der Waals surface area contributed by atoms with Crippen LogP contribution in [0.15, 0.2) is 11.1 Å². The summed E-state index contributed by atoms with van der Waals surface area (Å²) in [6, 6.07) is 0.226. The maximum absolute atomic E-state index is 11.5. The molecule has 0 aliphatic heterocycles. The normalized spacial score (nSPS) is 12.1. The van der Waals surface area contributed by atoms with Crippen molar-refractivity contribution in [2.45, 2.75) is 46.1 Å². The lowest BCUT2D eigenvalue weighted by molar-refractivity contribution is 0.456. The molecule has 78 valence electrons. The highest BCUT2D eigenvalue weighted by Gasteiger charge is 2.20. The van der Waals surface area contributed by atoms with Crippen LogP contribution >= 0.6 is 0 Å². The molecular weight excluding hydrogens is 178 g/mol. The number of hydrogen-bond donors (Lipinski definition) is 0. The molecule has 0 aliphatic carbocycles. The van der Waals surface area contributed by atoms with Gasteiger partial charge in [0.05, 0.1) is 0 Å². The van der Waals surface area contributed by atoms with Crippen molar-refractivity contribution >= 4 is 0 Å². The maximum Gasteiger partial charge on any atom is 0.295 e. The molecule has 0 spiro atoms. The fraction of sp³-hybridized carbons (Fsp3) is 0.700. The van der Waals surface area contributed by atoms with Crippen LogP contribution in [0.4, 0.5) is 0 Å². The minimum Gasteiger partial charge on any atom is -0.265 e. The molecular formula is C10H17N3O. The van der Waals surface area contributed by atoms with Crippen molar-refractivity contribution in [3.8, 4) is 0 Å². The predicted molar refractivity (Wildman–Crippen MR) is 55.4 cm³/mol. The van der Waals surface area contributed by atoms with Gasteiger partial charge in [-0.1, -0.05) is 20.8 Å². The van der Waals surface area contributed by atoms with Crippen LogP contribution < -0.4 is 5.56 Å². The zero-order valence-electron chi connectivity index (χ0n) is 9.40. The Kier molecular flexibility index (Phi) is 2.73. The Morgan fingerprint density at radius 2 is 1.93 bits per heavy atom. The molecule has 0 saturated heterocycles. The first-order valence-electron chi connectivity index (χ1n) is 4.78. The van der Waals surface area contributed by atoms with Crippen molar-refractivity contribution in [2.75, 3.05) is 0 Å². The molecule has 0 amide bonds. The highest BCUT2D eigenvalue weighted by molar-refractivity contribution is 5.06. The summed E-state index contributed by atoms with van der Waals surface area (Å²) < 4.78 is 1.71. The minimum absolute atomic E-state index is 0.226. The van der Waals surface area contributed by atoms with Gasteiger partial charge in [0.25, 0.3) is 5.56 Å². The highest BCUT2D eigenvalue weighted by Crippen LogP contribution is 2.15. The van der Waals surface area contributed by atoms with E-state index in [1.807, 2.05) is 34.6 Å². The van der Waals surface area contributed by atoms with Crippen LogP contribution in [0.1, 0.15) is 46.4 Å². The average Bonchev–Trinajstić information content (AvgIpc) is 2.02. The van der Waals surface area contributed by atoms with Gasteiger partial charge >= 0.3 is 0 Å². The Balaban J connectivity index is 3.30. The summed E-state index contributed by atoms with van der Waals surface area (Å²) in [6.07, 6.45) is 1.49. The summed E-state index contributed by atoms with van der Waals surface area (Å²) in [5, 5.41) is 4.28. The van der Waals surface area contributed by atoms with Crippen LogP contribution in [-0.2, 0) is 5.41 Å². The minimum atomic E-state index is -0.248. The first-order chi connectivity index (χ1) is 6.32. The summed E-state index contributed by atoms with van der Waals surface area (Å²) in [7, 11) is 0. The first-order valence-corrected chi connectivity index (χ1v) is 4.78. The fourth-order valence-corrected chi connectivity index (χ4v) is 1.08. The van der Waals surface area contributed by atoms with Crippen LogP contribution in [-0.4, -0.2) is 14.8 Å². The number of rotatable bonds is 1. The van der Waals surface area contributed by atoms with Crippen LogP contribution in [0.5, 0.6) is 0 Å². The van der Waals surface area contributed by atoms with E-state index >= 15 is 0 Å². The monoisotopic (exact) mass is 195 g/mol. The number of nitrogens with zero attached hydrogens (tertiary/aromatic N) is 3. The molecule has 14 heavy (non-hydrogen) atoms. The van der Waals surface area contributed by atoms with Gasteiger partial charge in [-0.3, -0.25) is 9.48 Å². The van der Waals surface area contributed by atoms with Gasteiger partial charge in [0.2, 0.25) is 0 Å². The lowest BCUT2D eigenvalue weighted by atomic mass is 9.93. The average molecular weight is 195 g/mol. The third kappa shape index (κ3) is 2.19. The van der Waals surface area contributed by atoms with Gasteiger partial charge in [-0.2, -0.15) is 10.1 Å². The molecule has 0 bridgehead atoms. The summed E-state index contributed by atoms with van der Waals surface area (Å²) in [5.74, 6) is 0. The standard InChI is InChI=1S/C10H17N3O/c1-7(2)13-6-11-9(14)8(12-13)10(3,4)5/h6-7H,1-5H3. The largest absolute Gasteiger partial charge is 0.295 e. The molecule has 1 rings (SSSR count). The summed E-state index contributed by atoms with van der Waals surface area (Å²) >= 11 is 0. The van der Waals surface area contributed by atoms with Crippen molar-refractivity contribution in [3.05, 3.63) is 22.4 Å². The molecule has 1 aromatic rings. The van der Waals surface area contributed by atoms with E-state index in [0.29, 0.717) is 5.69 Å². The Morgan fingerprint density at radius 3 is 2.36 bits per heavy atom. The zero-order valence-corrected chi connectivity index (χ0v) is 9.40. The van der Waals surface area contributed by atoms with E-state index in [1.54, 1.807) is 4.68 Å². The Labute approximate surface area is 84.0 Å². The first kappa shape index (κ1) is 10.9. The van der Waals surface area contributed by atoms with E-state index in [-0.39, 0.29) is 17.0 Å². The highest BCUT2D eigenvalue weighted by atomic mass is 16.1. The fourth-order valence-electron chi connectivity index (χ4n) is 1.08. The van der Waals surface area contributed by atoms with Gasteiger partial charge < -0.3 is 0 Å². The van der Waals surface area contributed by atoms with Crippen LogP contribution in [0.2, 0.25) is 0 Å². The molecule has 0 aliphatic rings. The molecule has 0 unspecified atom stereocenters. The summed E-state index contributed by atoms with van der Waals surface area (Å²) in [4.78, 5) is 15.3. The number of hydrogen-bond acceptors (Lipinski definition) is 3. The SMILES string of the molecule is CC(C)n1cnc(=O)c(C(C)(C)C)n1. The summed E-state index contributed by atoms with van der Waals surface area (Å²) in [6.45, 7) is 9.90. The molecule has 1 heterocycles. The topological polar surface area (TPSA) is 47.8 Å². The van der Waals surface area contributed by atoms with Crippen molar-refractivity contribution < 1.29 is 0 Å². The Hall–Kier alpha value is -1.19. The van der Waals surface area contributed by atoms with Crippen molar-refractivity contribution in [3.63, 3.8) is 0 Å². The molecule has 0 atom stereocenters. The van der Waals surface area contributed by atoms with Gasteiger partial charge in [0, 0.05) is 11.5 Å². The molecule has 0 radical (unpaired) electrons. The van der Waals surface area contributed by atoms with Crippen LogP contribution in [0.3, 0.4) is 0 Å². The second-order valence-corrected chi connectivity index (χ2v) is 4.72. The molecule has 4 heteroatoms. The molecule has 4 nitrogen and oxygen atoms in total. The molecule has 0 fully saturated rings.